The second kappa shape index (κ2) is 8.76. The van der Waals surface area contributed by atoms with Gasteiger partial charge in [-0.2, -0.15) is 4.31 Å². The van der Waals surface area contributed by atoms with Crippen LogP contribution in [0.4, 0.5) is 11.4 Å². The molecule has 1 aliphatic heterocycles. The minimum Gasteiger partial charge on any atom is -0.497 e. The first-order chi connectivity index (χ1) is 13.4. The summed E-state index contributed by atoms with van der Waals surface area (Å²) < 4.78 is 37.2. The van der Waals surface area contributed by atoms with Gasteiger partial charge >= 0.3 is 0 Å². The highest BCUT2D eigenvalue weighted by molar-refractivity contribution is 7.89. The highest BCUT2D eigenvalue weighted by Gasteiger charge is 2.26. The molecule has 0 radical (unpaired) electrons. The summed E-state index contributed by atoms with van der Waals surface area (Å²) in [6.45, 7) is 1.17. The number of hydrogen-bond donors (Lipinski definition) is 2. The van der Waals surface area contributed by atoms with Crippen LogP contribution >= 0.6 is 12.2 Å². The smallest absolute Gasteiger partial charge is 0.243 e. The molecular weight excluding hydrogens is 398 g/mol. The highest BCUT2D eigenvalue weighted by Crippen LogP contribution is 2.26. The minimum atomic E-state index is -3.42. The third kappa shape index (κ3) is 4.73. The normalized spacial score (nSPS) is 14.5. The first kappa shape index (κ1) is 20.4. The van der Waals surface area contributed by atoms with E-state index in [4.69, 9.17) is 21.7 Å². The Bertz CT molecular complexity index is 918. The molecule has 0 spiro atoms. The Morgan fingerprint density at radius 1 is 0.929 bits per heavy atom. The first-order valence-corrected chi connectivity index (χ1v) is 10.7. The number of rotatable bonds is 6. The number of thiocarbonyl (C=S) groups is 1. The second-order valence-corrected chi connectivity index (χ2v) is 8.66. The molecule has 2 N–H and O–H groups in total. The van der Waals surface area contributed by atoms with Crippen LogP contribution < -0.4 is 20.1 Å². The zero-order chi connectivity index (χ0) is 20.1. The van der Waals surface area contributed by atoms with Gasteiger partial charge in [-0.1, -0.05) is 0 Å². The SMILES string of the molecule is COc1cc(NC(=S)Nc2ccc(S(=O)(=O)N3CCCC3)cc2)cc(OC)c1. The Morgan fingerprint density at radius 2 is 1.46 bits per heavy atom. The fourth-order valence-electron chi connectivity index (χ4n) is 2.96. The van der Waals surface area contributed by atoms with E-state index >= 15 is 0 Å². The van der Waals surface area contributed by atoms with Crippen LogP contribution in [-0.4, -0.2) is 45.1 Å². The molecule has 0 atom stereocenters. The van der Waals surface area contributed by atoms with Gasteiger partial charge in [0.2, 0.25) is 10.0 Å². The average Bonchev–Trinajstić information content (AvgIpc) is 3.23. The van der Waals surface area contributed by atoms with Crippen molar-refractivity contribution in [3.05, 3.63) is 42.5 Å². The van der Waals surface area contributed by atoms with Crippen LogP contribution in [0, 0.1) is 0 Å². The second-order valence-electron chi connectivity index (χ2n) is 6.32. The van der Waals surface area contributed by atoms with E-state index in [1.54, 1.807) is 56.7 Å². The number of nitrogens with zero attached hydrogens (tertiary/aromatic N) is 1. The molecule has 0 unspecified atom stereocenters. The third-order valence-electron chi connectivity index (χ3n) is 4.42. The van der Waals surface area contributed by atoms with Crippen LogP contribution in [0.5, 0.6) is 11.5 Å². The summed E-state index contributed by atoms with van der Waals surface area (Å²) in [7, 11) is -0.266. The molecule has 0 aromatic heterocycles. The zero-order valence-electron chi connectivity index (χ0n) is 15.8. The lowest BCUT2D eigenvalue weighted by molar-refractivity contribution is 0.395. The molecular formula is C19H23N3O4S2. The maximum absolute atomic E-state index is 12.6. The molecule has 7 nitrogen and oxygen atoms in total. The summed E-state index contributed by atoms with van der Waals surface area (Å²) in [5, 5.41) is 6.47. The van der Waals surface area contributed by atoms with Crippen molar-refractivity contribution in [1.82, 2.24) is 4.31 Å². The third-order valence-corrected chi connectivity index (χ3v) is 6.54. The van der Waals surface area contributed by atoms with E-state index in [1.807, 2.05) is 0 Å². The predicted octanol–water partition coefficient (Wildman–Crippen LogP) is 3.30. The Kier molecular flexibility index (Phi) is 6.38. The molecule has 0 bridgehead atoms. The molecule has 1 heterocycles. The van der Waals surface area contributed by atoms with Crippen molar-refractivity contribution in [2.24, 2.45) is 0 Å². The zero-order valence-corrected chi connectivity index (χ0v) is 17.4. The summed E-state index contributed by atoms with van der Waals surface area (Å²) in [6, 6.07) is 11.9. The Balaban J connectivity index is 1.66. The average molecular weight is 422 g/mol. The van der Waals surface area contributed by atoms with Crippen molar-refractivity contribution < 1.29 is 17.9 Å². The van der Waals surface area contributed by atoms with Crippen molar-refractivity contribution in [2.75, 3.05) is 37.9 Å². The standard InChI is InChI=1S/C19H23N3O4S2/c1-25-16-11-15(12-17(13-16)26-2)21-19(27)20-14-5-7-18(8-6-14)28(23,24)22-9-3-4-10-22/h5-8,11-13H,3-4,9-10H2,1-2H3,(H2,20,21,27). The van der Waals surface area contributed by atoms with Crippen molar-refractivity contribution in [1.29, 1.82) is 0 Å². The van der Waals surface area contributed by atoms with Gasteiger partial charge in [-0.15, -0.1) is 0 Å². The van der Waals surface area contributed by atoms with Crippen molar-refractivity contribution in [2.45, 2.75) is 17.7 Å². The quantitative estimate of drug-likeness (QED) is 0.693. The lowest BCUT2D eigenvalue weighted by Crippen LogP contribution is -2.27. The number of anilines is 2. The highest BCUT2D eigenvalue weighted by atomic mass is 32.2. The molecule has 1 aliphatic rings. The van der Waals surface area contributed by atoms with Crippen LogP contribution in [0.3, 0.4) is 0 Å². The molecule has 0 amide bonds. The Labute approximate surface area is 170 Å². The van der Waals surface area contributed by atoms with Gasteiger partial charge in [0, 0.05) is 42.7 Å². The molecule has 1 saturated heterocycles. The molecule has 3 rings (SSSR count). The van der Waals surface area contributed by atoms with Gasteiger partial charge in [0.15, 0.2) is 5.11 Å². The number of nitrogens with one attached hydrogen (secondary N) is 2. The van der Waals surface area contributed by atoms with Gasteiger partial charge in [0.05, 0.1) is 19.1 Å². The van der Waals surface area contributed by atoms with Crippen molar-refractivity contribution >= 4 is 38.7 Å². The van der Waals surface area contributed by atoms with Crippen LogP contribution in [0.1, 0.15) is 12.8 Å². The predicted molar refractivity (Wildman–Crippen MR) is 114 cm³/mol. The number of ether oxygens (including phenoxy) is 2. The van der Waals surface area contributed by atoms with Gasteiger partial charge in [-0.05, 0) is 49.3 Å². The maximum Gasteiger partial charge on any atom is 0.243 e. The fraction of sp³-hybridized carbons (Fsp3) is 0.316. The molecule has 0 aliphatic carbocycles. The van der Waals surface area contributed by atoms with E-state index in [-0.39, 0.29) is 4.90 Å². The topological polar surface area (TPSA) is 79.9 Å². The van der Waals surface area contributed by atoms with Crippen LogP contribution in [-0.2, 0) is 10.0 Å². The molecule has 150 valence electrons. The number of benzene rings is 2. The van der Waals surface area contributed by atoms with E-state index in [9.17, 15) is 8.42 Å². The molecule has 9 heteroatoms. The fourth-order valence-corrected chi connectivity index (χ4v) is 4.71. The summed E-state index contributed by atoms with van der Waals surface area (Å²) in [5.74, 6) is 1.28. The van der Waals surface area contributed by atoms with Crippen LogP contribution in [0.25, 0.3) is 0 Å². The summed E-state index contributed by atoms with van der Waals surface area (Å²) in [5.41, 5.74) is 1.40. The van der Waals surface area contributed by atoms with Gasteiger partial charge in [-0.3, -0.25) is 0 Å². The van der Waals surface area contributed by atoms with Crippen LogP contribution in [0.15, 0.2) is 47.4 Å². The number of sulfonamides is 1. The molecule has 0 saturated carbocycles. The van der Waals surface area contributed by atoms with Crippen LogP contribution in [0.2, 0.25) is 0 Å². The monoisotopic (exact) mass is 421 g/mol. The van der Waals surface area contributed by atoms with E-state index in [0.717, 1.165) is 12.8 Å². The summed E-state index contributed by atoms with van der Waals surface area (Å²) >= 11 is 5.34. The summed E-state index contributed by atoms with van der Waals surface area (Å²) in [4.78, 5) is 0.288. The molecule has 1 fully saturated rings. The largest absolute Gasteiger partial charge is 0.497 e. The van der Waals surface area contributed by atoms with E-state index in [2.05, 4.69) is 10.6 Å². The lowest BCUT2D eigenvalue weighted by Gasteiger charge is -2.16. The molecule has 28 heavy (non-hydrogen) atoms. The van der Waals surface area contributed by atoms with E-state index < -0.39 is 10.0 Å². The van der Waals surface area contributed by atoms with Crippen molar-refractivity contribution in [3.8, 4) is 11.5 Å². The Hall–Kier alpha value is -2.36. The maximum atomic E-state index is 12.6. The van der Waals surface area contributed by atoms with E-state index in [0.29, 0.717) is 41.1 Å². The molecule has 2 aromatic rings. The minimum absolute atomic E-state index is 0.288. The van der Waals surface area contributed by atoms with E-state index in [1.165, 1.54) is 4.31 Å². The van der Waals surface area contributed by atoms with Gasteiger partial charge in [-0.25, -0.2) is 8.42 Å². The summed E-state index contributed by atoms with van der Waals surface area (Å²) in [6.07, 6.45) is 1.82. The number of methoxy groups -OCH3 is 2. The van der Waals surface area contributed by atoms with Gasteiger partial charge in [0.1, 0.15) is 11.5 Å². The van der Waals surface area contributed by atoms with Crippen molar-refractivity contribution in [3.63, 3.8) is 0 Å². The van der Waals surface area contributed by atoms with Gasteiger partial charge in [0.25, 0.3) is 0 Å². The first-order valence-electron chi connectivity index (χ1n) is 8.83. The lowest BCUT2D eigenvalue weighted by atomic mass is 10.3. The Morgan fingerprint density at radius 3 is 2.00 bits per heavy atom. The molecule has 2 aromatic carbocycles. The van der Waals surface area contributed by atoms with Gasteiger partial charge < -0.3 is 20.1 Å². The number of hydrogen-bond acceptors (Lipinski definition) is 5.